The minimum Gasteiger partial charge on any atom is -0.337 e. The van der Waals surface area contributed by atoms with Crippen LogP contribution in [0.2, 0.25) is 0 Å². The monoisotopic (exact) mass is 279 g/mol. The Labute approximate surface area is 116 Å². The summed E-state index contributed by atoms with van der Waals surface area (Å²) in [6.45, 7) is 2.57. The standard InChI is InChI=1S/C13H17N3O4/c1-2-14-13(18)16-20-9-11-5-3-10(4-6-11)7-8-12(17)15-19/h3-8,19H,2,9H2,1H3,(H,15,17)(H2,14,16,18)/b8-7+. The Morgan fingerprint density at radius 1 is 1.30 bits per heavy atom. The fourth-order valence-electron chi connectivity index (χ4n) is 1.32. The summed E-state index contributed by atoms with van der Waals surface area (Å²) in [4.78, 5) is 26.9. The number of benzene rings is 1. The van der Waals surface area contributed by atoms with Gasteiger partial charge in [0.15, 0.2) is 0 Å². The molecule has 108 valence electrons. The first-order valence-corrected chi connectivity index (χ1v) is 6.02. The molecule has 0 aliphatic heterocycles. The van der Waals surface area contributed by atoms with Gasteiger partial charge in [-0.2, -0.15) is 0 Å². The van der Waals surface area contributed by atoms with E-state index in [4.69, 9.17) is 10.0 Å². The van der Waals surface area contributed by atoms with Crippen molar-refractivity contribution in [3.8, 4) is 0 Å². The van der Waals surface area contributed by atoms with E-state index >= 15 is 0 Å². The number of amides is 3. The van der Waals surface area contributed by atoms with Crippen LogP contribution < -0.4 is 16.3 Å². The number of carbonyl (C=O) groups is 2. The van der Waals surface area contributed by atoms with Crippen LogP contribution in [-0.4, -0.2) is 23.7 Å². The van der Waals surface area contributed by atoms with E-state index in [1.165, 1.54) is 11.6 Å². The maximum atomic E-state index is 11.1. The molecule has 0 radical (unpaired) electrons. The summed E-state index contributed by atoms with van der Waals surface area (Å²) in [7, 11) is 0. The number of urea groups is 1. The van der Waals surface area contributed by atoms with Gasteiger partial charge in [0.05, 0.1) is 6.61 Å². The van der Waals surface area contributed by atoms with E-state index in [9.17, 15) is 9.59 Å². The van der Waals surface area contributed by atoms with Gasteiger partial charge in [0.25, 0.3) is 5.91 Å². The molecular formula is C13H17N3O4. The fraction of sp³-hybridized carbons (Fsp3) is 0.231. The van der Waals surface area contributed by atoms with Crippen LogP contribution in [0.4, 0.5) is 4.79 Å². The summed E-state index contributed by atoms with van der Waals surface area (Å²) in [6, 6.07) is 6.78. The Bertz CT molecular complexity index is 471. The number of rotatable bonds is 6. The second kappa shape index (κ2) is 8.68. The molecule has 7 heteroatoms. The van der Waals surface area contributed by atoms with Crippen LogP contribution in [0.15, 0.2) is 30.3 Å². The van der Waals surface area contributed by atoms with Gasteiger partial charge in [-0.15, -0.1) is 0 Å². The Balaban J connectivity index is 2.41. The highest BCUT2D eigenvalue weighted by Gasteiger charge is 1.98. The zero-order valence-corrected chi connectivity index (χ0v) is 11.1. The summed E-state index contributed by atoms with van der Waals surface area (Å²) in [5, 5.41) is 10.9. The molecule has 0 atom stereocenters. The van der Waals surface area contributed by atoms with Crippen molar-refractivity contribution in [1.82, 2.24) is 16.3 Å². The first-order chi connectivity index (χ1) is 9.65. The van der Waals surface area contributed by atoms with Crippen LogP contribution in [0.1, 0.15) is 18.1 Å². The van der Waals surface area contributed by atoms with Gasteiger partial charge in [0.2, 0.25) is 0 Å². The van der Waals surface area contributed by atoms with E-state index in [2.05, 4.69) is 10.8 Å². The second-order valence-electron chi connectivity index (χ2n) is 3.80. The summed E-state index contributed by atoms with van der Waals surface area (Å²) in [6.07, 6.45) is 2.77. The molecule has 0 saturated carbocycles. The molecular weight excluding hydrogens is 262 g/mol. The minimum absolute atomic E-state index is 0.234. The lowest BCUT2D eigenvalue weighted by molar-refractivity contribution is -0.124. The van der Waals surface area contributed by atoms with Crippen molar-refractivity contribution >= 4 is 18.0 Å². The van der Waals surface area contributed by atoms with Gasteiger partial charge >= 0.3 is 6.03 Å². The lowest BCUT2D eigenvalue weighted by Crippen LogP contribution is -2.35. The van der Waals surface area contributed by atoms with Crippen molar-refractivity contribution in [2.45, 2.75) is 13.5 Å². The average Bonchev–Trinajstić information content (AvgIpc) is 2.46. The summed E-state index contributed by atoms with van der Waals surface area (Å²) >= 11 is 0. The number of hydroxylamine groups is 2. The van der Waals surface area contributed by atoms with E-state index in [1.807, 2.05) is 6.92 Å². The molecule has 0 saturated heterocycles. The van der Waals surface area contributed by atoms with Gasteiger partial charge in [-0.25, -0.2) is 15.8 Å². The van der Waals surface area contributed by atoms with Crippen LogP contribution in [-0.2, 0) is 16.2 Å². The summed E-state index contributed by atoms with van der Waals surface area (Å²) in [5.41, 5.74) is 5.42. The van der Waals surface area contributed by atoms with Crippen molar-refractivity contribution in [2.24, 2.45) is 0 Å². The predicted octanol–water partition coefficient (Wildman–Crippen LogP) is 0.956. The first-order valence-electron chi connectivity index (χ1n) is 6.02. The molecule has 0 bridgehead atoms. The van der Waals surface area contributed by atoms with Crippen molar-refractivity contribution in [3.63, 3.8) is 0 Å². The number of hydrogen-bond donors (Lipinski definition) is 4. The third kappa shape index (κ3) is 5.98. The topological polar surface area (TPSA) is 99.7 Å². The molecule has 7 nitrogen and oxygen atoms in total. The minimum atomic E-state index is -0.594. The van der Waals surface area contributed by atoms with Crippen LogP contribution in [0.5, 0.6) is 0 Å². The van der Waals surface area contributed by atoms with E-state index < -0.39 is 5.91 Å². The van der Waals surface area contributed by atoms with Gasteiger partial charge in [0.1, 0.15) is 0 Å². The molecule has 3 amide bonds. The van der Waals surface area contributed by atoms with E-state index in [0.29, 0.717) is 6.54 Å². The molecule has 0 aliphatic rings. The highest BCUT2D eigenvalue weighted by atomic mass is 16.7. The number of hydrogen-bond acceptors (Lipinski definition) is 4. The zero-order chi connectivity index (χ0) is 14.8. The lowest BCUT2D eigenvalue weighted by Gasteiger charge is -2.06. The van der Waals surface area contributed by atoms with Crippen molar-refractivity contribution in [3.05, 3.63) is 41.5 Å². The van der Waals surface area contributed by atoms with Gasteiger partial charge in [-0.05, 0) is 24.1 Å². The molecule has 0 unspecified atom stereocenters. The maximum absolute atomic E-state index is 11.1. The molecule has 0 heterocycles. The predicted molar refractivity (Wildman–Crippen MR) is 72.4 cm³/mol. The molecule has 0 aliphatic carbocycles. The van der Waals surface area contributed by atoms with Gasteiger partial charge in [-0.1, -0.05) is 24.3 Å². The number of nitrogens with one attached hydrogen (secondary N) is 3. The molecule has 0 spiro atoms. The van der Waals surface area contributed by atoms with E-state index in [0.717, 1.165) is 11.1 Å². The molecule has 4 N–H and O–H groups in total. The Hall–Kier alpha value is -2.38. The van der Waals surface area contributed by atoms with Gasteiger partial charge in [0, 0.05) is 12.6 Å². The Kier molecular flexibility index (Phi) is 6.80. The van der Waals surface area contributed by atoms with Gasteiger partial charge in [-0.3, -0.25) is 14.8 Å². The molecule has 1 aromatic carbocycles. The molecule has 0 fully saturated rings. The van der Waals surface area contributed by atoms with Crippen LogP contribution in [0.25, 0.3) is 6.08 Å². The van der Waals surface area contributed by atoms with Crippen molar-refractivity contribution in [1.29, 1.82) is 0 Å². The lowest BCUT2D eigenvalue weighted by atomic mass is 10.1. The van der Waals surface area contributed by atoms with Crippen LogP contribution >= 0.6 is 0 Å². The SMILES string of the molecule is CCNC(=O)NOCc1ccc(/C=C/C(=O)NO)cc1. The average molecular weight is 279 g/mol. The van der Waals surface area contributed by atoms with E-state index in [-0.39, 0.29) is 12.6 Å². The van der Waals surface area contributed by atoms with Crippen molar-refractivity contribution < 1.29 is 19.6 Å². The van der Waals surface area contributed by atoms with Gasteiger partial charge < -0.3 is 5.32 Å². The second-order valence-corrected chi connectivity index (χ2v) is 3.80. The zero-order valence-electron chi connectivity index (χ0n) is 11.1. The highest BCUT2D eigenvalue weighted by molar-refractivity contribution is 5.90. The van der Waals surface area contributed by atoms with E-state index in [1.54, 1.807) is 30.3 Å². The Morgan fingerprint density at radius 3 is 2.60 bits per heavy atom. The smallest absolute Gasteiger partial charge is 0.337 e. The van der Waals surface area contributed by atoms with Crippen LogP contribution in [0.3, 0.4) is 0 Å². The number of carbonyl (C=O) groups excluding carboxylic acids is 2. The fourth-order valence-corrected chi connectivity index (χ4v) is 1.32. The summed E-state index contributed by atoms with van der Waals surface area (Å²) in [5.74, 6) is -0.594. The molecule has 1 rings (SSSR count). The van der Waals surface area contributed by atoms with Crippen molar-refractivity contribution in [2.75, 3.05) is 6.54 Å². The normalized spacial score (nSPS) is 10.3. The highest BCUT2D eigenvalue weighted by Crippen LogP contribution is 2.06. The molecule has 1 aromatic rings. The molecule has 20 heavy (non-hydrogen) atoms. The largest absolute Gasteiger partial charge is 0.338 e. The Morgan fingerprint density at radius 2 is 2.00 bits per heavy atom. The summed E-state index contributed by atoms with van der Waals surface area (Å²) < 4.78 is 0. The quantitative estimate of drug-likeness (QED) is 0.354. The third-order valence-electron chi connectivity index (χ3n) is 2.26. The third-order valence-corrected chi connectivity index (χ3v) is 2.26. The first kappa shape index (κ1) is 15.7. The molecule has 0 aromatic heterocycles. The van der Waals surface area contributed by atoms with Crippen LogP contribution in [0, 0.1) is 0 Å². The maximum Gasteiger partial charge on any atom is 0.338 e.